The van der Waals surface area contributed by atoms with Crippen LogP contribution in [0.25, 0.3) is 10.1 Å². The number of unbranched alkanes of at least 4 members (excludes halogenated alkanes) is 2. The standard InChI is InChI=1S/C22H25ClN4O3S2/c1-3-4-7-13-32(29,30)25-22(28)27-15(2)26(21-17(27)10-8-12-24-21)14-19-20(23)16-9-5-6-11-18(16)31-19/h5-6,8-12,15H,3-4,7,13-14H2,1-2H3,(H,25,28). The van der Waals surface area contributed by atoms with Crippen LogP contribution in [0.2, 0.25) is 5.02 Å². The van der Waals surface area contributed by atoms with Gasteiger partial charge in [0.2, 0.25) is 10.0 Å². The Morgan fingerprint density at radius 1 is 1.22 bits per heavy atom. The van der Waals surface area contributed by atoms with Crippen LogP contribution in [-0.4, -0.2) is 31.4 Å². The maximum absolute atomic E-state index is 13.0. The molecular weight excluding hydrogens is 468 g/mol. The molecule has 2 amide bonds. The van der Waals surface area contributed by atoms with Crippen molar-refractivity contribution in [2.75, 3.05) is 15.6 Å². The summed E-state index contributed by atoms with van der Waals surface area (Å²) in [6.07, 6.45) is 3.44. The Bertz CT molecular complexity index is 1240. The number of benzene rings is 1. The number of fused-ring (bicyclic) bond motifs is 2. The molecule has 170 valence electrons. The number of urea groups is 1. The minimum atomic E-state index is -3.72. The van der Waals surface area contributed by atoms with Crippen LogP contribution >= 0.6 is 22.9 Å². The number of nitrogens with one attached hydrogen (secondary N) is 1. The molecule has 0 radical (unpaired) electrons. The first-order valence-corrected chi connectivity index (χ1v) is 13.4. The quantitative estimate of drug-likeness (QED) is 0.449. The summed E-state index contributed by atoms with van der Waals surface area (Å²) < 4.78 is 28.1. The van der Waals surface area contributed by atoms with Crippen LogP contribution in [-0.2, 0) is 16.6 Å². The van der Waals surface area contributed by atoms with Crippen LogP contribution in [0.1, 0.15) is 38.0 Å². The predicted molar refractivity (Wildman–Crippen MR) is 131 cm³/mol. The summed E-state index contributed by atoms with van der Waals surface area (Å²) >= 11 is 8.25. The molecular formula is C22H25ClN4O3S2. The lowest BCUT2D eigenvalue weighted by molar-refractivity contribution is 0.249. The van der Waals surface area contributed by atoms with Crippen molar-refractivity contribution in [3.05, 3.63) is 52.5 Å². The summed E-state index contributed by atoms with van der Waals surface area (Å²) in [6.45, 7) is 4.31. The third-order valence-electron chi connectivity index (χ3n) is 5.52. The van der Waals surface area contributed by atoms with Gasteiger partial charge < -0.3 is 4.90 Å². The van der Waals surface area contributed by atoms with Gasteiger partial charge in [0, 0.05) is 21.2 Å². The fraction of sp³-hybridized carbons (Fsp3) is 0.364. The van der Waals surface area contributed by atoms with Crippen molar-refractivity contribution in [2.24, 2.45) is 0 Å². The van der Waals surface area contributed by atoms with Crippen LogP contribution in [0.3, 0.4) is 0 Å². The van der Waals surface area contributed by atoms with Gasteiger partial charge in [0.1, 0.15) is 6.17 Å². The van der Waals surface area contributed by atoms with Gasteiger partial charge in [-0.15, -0.1) is 11.3 Å². The summed E-state index contributed by atoms with van der Waals surface area (Å²) in [4.78, 5) is 21.9. The number of thiophene rings is 1. The molecule has 0 fully saturated rings. The molecule has 4 rings (SSSR count). The molecule has 0 saturated heterocycles. The molecule has 1 unspecified atom stereocenters. The third kappa shape index (κ3) is 4.42. The highest BCUT2D eigenvalue weighted by molar-refractivity contribution is 7.90. The van der Waals surface area contributed by atoms with Crippen LogP contribution in [0.4, 0.5) is 16.3 Å². The predicted octanol–water partition coefficient (Wildman–Crippen LogP) is 5.35. The molecule has 32 heavy (non-hydrogen) atoms. The van der Waals surface area contributed by atoms with E-state index in [9.17, 15) is 13.2 Å². The monoisotopic (exact) mass is 492 g/mol. The van der Waals surface area contributed by atoms with Crippen LogP contribution in [0.15, 0.2) is 42.6 Å². The van der Waals surface area contributed by atoms with E-state index in [0.717, 1.165) is 27.8 Å². The van der Waals surface area contributed by atoms with Gasteiger partial charge in [0.05, 0.1) is 23.0 Å². The lowest BCUT2D eigenvalue weighted by Gasteiger charge is -2.28. The summed E-state index contributed by atoms with van der Waals surface area (Å²) in [6, 6.07) is 10.8. The molecule has 2 aromatic heterocycles. The Hall–Kier alpha value is -2.36. The molecule has 1 aliphatic rings. The van der Waals surface area contributed by atoms with Gasteiger partial charge in [0.15, 0.2) is 5.82 Å². The average molecular weight is 493 g/mol. The smallest absolute Gasteiger partial charge is 0.329 e. The zero-order valence-corrected chi connectivity index (χ0v) is 20.3. The van der Waals surface area contributed by atoms with Gasteiger partial charge in [0.25, 0.3) is 0 Å². The molecule has 0 spiro atoms. The molecule has 7 nitrogen and oxygen atoms in total. The normalized spacial score (nSPS) is 15.9. The minimum absolute atomic E-state index is 0.0736. The molecule has 1 N–H and O–H groups in total. The van der Waals surface area contributed by atoms with E-state index in [-0.39, 0.29) is 5.75 Å². The van der Waals surface area contributed by atoms with Gasteiger partial charge in [-0.1, -0.05) is 49.6 Å². The van der Waals surface area contributed by atoms with E-state index in [1.165, 1.54) is 4.90 Å². The Labute approximate surface area is 197 Å². The molecule has 0 aliphatic carbocycles. The van der Waals surface area contributed by atoms with Crippen LogP contribution in [0.5, 0.6) is 0 Å². The lowest BCUT2D eigenvalue weighted by atomic mass is 10.2. The van der Waals surface area contributed by atoms with E-state index >= 15 is 0 Å². The van der Waals surface area contributed by atoms with Gasteiger partial charge in [-0.25, -0.2) is 22.9 Å². The first kappa shape index (κ1) is 22.8. The van der Waals surface area contributed by atoms with Crippen molar-refractivity contribution in [2.45, 2.75) is 45.8 Å². The fourth-order valence-corrected chi connectivity index (χ4v) is 6.44. The van der Waals surface area contributed by atoms with Crippen molar-refractivity contribution in [3.8, 4) is 0 Å². The molecule has 1 atom stereocenters. The maximum atomic E-state index is 13.0. The highest BCUT2D eigenvalue weighted by Gasteiger charge is 2.39. The summed E-state index contributed by atoms with van der Waals surface area (Å²) in [5.41, 5.74) is 0.568. The van der Waals surface area contributed by atoms with Crippen molar-refractivity contribution in [1.82, 2.24) is 9.71 Å². The summed E-state index contributed by atoms with van der Waals surface area (Å²) in [5, 5.41) is 1.69. The van der Waals surface area contributed by atoms with E-state index in [2.05, 4.69) is 9.71 Å². The number of amides is 2. The zero-order valence-electron chi connectivity index (χ0n) is 17.9. The molecule has 0 saturated carbocycles. The SMILES string of the molecule is CCCCCS(=O)(=O)NC(=O)N1c2cccnc2N(Cc2sc3ccccc3c2Cl)C1C. The lowest BCUT2D eigenvalue weighted by Crippen LogP contribution is -2.50. The van der Waals surface area contributed by atoms with Crippen molar-refractivity contribution < 1.29 is 13.2 Å². The second kappa shape index (κ2) is 9.25. The number of carbonyl (C=O) groups is 1. The third-order valence-corrected chi connectivity index (χ3v) is 8.53. The van der Waals surface area contributed by atoms with Crippen molar-refractivity contribution >= 4 is 60.6 Å². The highest BCUT2D eigenvalue weighted by Crippen LogP contribution is 2.42. The largest absolute Gasteiger partial charge is 0.337 e. The van der Waals surface area contributed by atoms with E-state index < -0.39 is 22.2 Å². The number of pyridine rings is 1. The van der Waals surface area contributed by atoms with Gasteiger partial charge in [-0.05, 0) is 31.5 Å². The second-order valence-electron chi connectivity index (χ2n) is 7.74. The highest BCUT2D eigenvalue weighted by atomic mass is 35.5. The maximum Gasteiger partial charge on any atom is 0.337 e. The number of carbonyl (C=O) groups excluding carboxylic acids is 1. The van der Waals surface area contributed by atoms with Gasteiger partial charge in [-0.2, -0.15) is 0 Å². The summed E-state index contributed by atoms with van der Waals surface area (Å²) in [5.74, 6) is 0.544. The number of rotatable bonds is 7. The summed E-state index contributed by atoms with van der Waals surface area (Å²) in [7, 11) is -3.72. The number of hydrogen-bond donors (Lipinski definition) is 1. The number of sulfonamides is 1. The molecule has 1 aromatic carbocycles. The Balaban J connectivity index is 1.60. The molecule has 1 aliphatic heterocycles. The number of anilines is 2. The molecule has 3 heterocycles. The molecule has 0 bridgehead atoms. The number of hydrogen-bond acceptors (Lipinski definition) is 6. The van der Waals surface area contributed by atoms with E-state index in [0.29, 0.717) is 29.5 Å². The Morgan fingerprint density at radius 3 is 2.75 bits per heavy atom. The minimum Gasteiger partial charge on any atom is -0.329 e. The average Bonchev–Trinajstić information content (AvgIpc) is 3.22. The number of nitrogens with zero attached hydrogens (tertiary/aromatic N) is 3. The Morgan fingerprint density at radius 2 is 2.00 bits per heavy atom. The van der Waals surface area contributed by atoms with Gasteiger partial charge in [-0.3, -0.25) is 4.90 Å². The van der Waals surface area contributed by atoms with Crippen molar-refractivity contribution in [3.63, 3.8) is 0 Å². The topological polar surface area (TPSA) is 82.6 Å². The van der Waals surface area contributed by atoms with Crippen molar-refractivity contribution in [1.29, 1.82) is 0 Å². The van der Waals surface area contributed by atoms with Crippen LogP contribution < -0.4 is 14.5 Å². The Kier molecular flexibility index (Phi) is 6.60. The van der Waals surface area contributed by atoms with E-state index in [1.807, 2.05) is 43.0 Å². The molecule has 10 heteroatoms. The number of aromatic nitrogens is 1. The van der Waals surface area contributed by atoms with E-state index in [4.69, 9.17) is 11.6 Å². The van der Waals surface area contributed by atoms with E-state index in [1.54, 1.807) is 29.7 Å². The van der Waals surface area contributed by atoms with Gasteiger partial charge >= 0.3 is 6.03 Å². The number of halogens is 1. The molecule has 3 aromatic rings. The first-order chi connectivity index (χ1) is 15.3. The zero-order chi connectivity index (χ0) is 22.9. The van der Waals surface area contributed by atoms with Crippen LogP contribution in [0, 0.1) is 0 Å². The second-order valence-corrected chi connectivity index (χ2v) is 11.1. The fourth-order valence-electron chi connectivity index (χ4n) is 3.90. The first-order valence-electron chi connectivity index (χ1n) is 10.5.